The van der Waals surface area contributed by atoms with E-state index in [1.54, 1.807) is 0 Å². The van der Waals surface area contributed by atoms with Crippen LogP contribution in [0.5, 0.6) is 0 Å². The monoisotopic (exact) mass is 238 g/mol. The molecule has 3 nitrogen and oxygen atoms in total. The summed E-state index contributed by atoms with van der Waals surface area (Å²) in [6.45, 7) is 2.17. The molecule has 2 fully saturated rings. The molecule has 4 heteroatoms. The van der Waals surface area contributed by atoms with Crippen LogP contribution in [-0.2, 0) is 0 Å². The molecule has 2 atom stereocenters. The molecule has 2 unspecified atom stereocenters. The third kappa shape index (κ3) is 2.13. The van der Waals surface area contributed by atoms with E-state index in [0.29, 0.717) is 11.2 Å². The quantitative estimate of drug-likeness (QED) is 0.859. The van der Waals surface area contributed by atoms with Crippen molar-refractivity contribution < 1.29 is 4.42 Å². The molecule has 0 amide bonds. The zero-order valence-corrected chi connectivity index (χ0v) is 10.3. The third-order valence-corrected chi connectivity index (χ3v) is 4.85. The van der Waals surface area contributed by atoms with E-state index < -0.39 is 0 Å². The van der Waals surface area contributed by atoms with Gasteiger partial charge in [-0.2, -0.15) is 11.8 Å². The number of hydrogen-bond acceptors (Lipinski definition) is 4. The van der Waals surface area contributed by atoms with E-state index in [1.165, 1.54) is 37.1 Å². The number of aromatic nitrogens is 1. The number of piperidine rings is 1. The van der Waals surface area contributed by atoms with Gasteiger partial charge in [-0.3, -0.25) is 0 Å². The van der Waals surface area contributed by atoms with E-state index in [4.69, 9.17) is 4.42 Å². The number of thioether (sulfide) groups is 1. The molecule has 0 aliphatic carbocycles. The van der Waals surface area contributed by atoms with Gasteiger partial charge in [0.1, 0.15) is 6.26 Å². The molecule has 3 heterocycles. The first-order valence-corrected chi connectivity index (χ1v) is 7.26. The second-order valence-electron chi connectivity index (χ2n) is 4.66. The smallest absolute Gasteiger partial charge is 0.198 e. The topological polar surface area (TPSA) is 38.1 Å². The van der Waals surface area contributed by atoms with Gasteiger partial charge in [0, 0.05) is 12.5 Å². The molecule has 0 saturated carbocycles. The van der Waals surface area contributed by atoms with Crippen molar-refractivity contribution >= 4 is 11.8 Å². The first-order valence-electron chi connectivity index (χ1n) is 6.21. The second kappa shape index (κ2) is 4.80. The fourth-order valence-electron chi connectivity index (χ4n) is 2.51. The van der Waals surface area contributed by atoms with Crippen molar-refractivity contribution in [3.63, 3.8) is 0 Å². The highest BCUT2D eigenvalue weighted by molar-refractivity contribution is 7.99. The van der Waals surface area contributed by atoms with Crippen LogP contribution in [0, 0.1) is 0 Å². The Bertz CT molecular complexity index is 341. The van der Waals surface area contributed by atoms with Crippen LogP contribution in [0.25, 0.3) is 0 Å². The van der Waals surface area contributed by atoms with Crippen LogP contribution in [0.4, 0.5) is 0 Å². The molecule has 2 aliphatic heterocycles. The number of nitrogens with one attached hydrogen (secondary N) is 1. The summed E-state index contributed by atoms with van der Waals surface area (Å²) in [6.07, 6.45) is 6.92. The molecular formula is C12H18N2OS. The van der Waals surface area contributed by atoms with Crippen molar-refractivity contribution in [2.75, 3.05) is 18.8 Å². The summed E-state index contributed by atoms with van der Waals surface area (Å²) in [6, 6.07) is 0. The Labute approximate surface area is 100 Å². The Kier molecular flexibility index (Phi) is 3.20. The normalized spacial score (nSPS) is 30.8. The van der Waals surface area contributed by atoms with E-state index in [2.05, 4.69) is 10.3 Å². The summed E-state index contributed by atoms with van der Waals surface area (Å²) in [4.78, 5) is 4.69. The number of oxazole rings is 1. The van der Waals surface area contributed by atoms with Gasteiger partial charge in [-0.1, -0.05) is 0 Å². The molecule has 88 valence electrons. The summed E-state index contributed by atoms with van der Waals surface area (Å²) in [5.74, 6) is 2.72. The lowest BCUT2D eigenvalue weighted by Gasteiger charge is -2.19. The third-order valence-electron chi connectivity index (χ3n) is 3.45. The van der Waals surface area contributed by atoms with Crippen LogP contribution >= 0.6 is 11.8 Å². The van der Waals surface area contributed by atoms with Gasteiger partial charge in [-0.15, -0.1) is 0 Å². The molecule has 0 bridgehead atoms. The van der Waals surface area contributed by atoms with E-state index in [0.717, 1.165) is 19.0 Å². The summed E-state index contributed by atoms with van der Waals surface area (Å²) < 4.78 is 5.65. The highest BCUT2D eigenvalue weighted by Gasteiger charge is 2.24. The van der Waals surface area contributed by atoms with Crippen molar-refractivity contribution in [1.29, 1.82) is 0 Å². The first kappa shape index (κ1) is 10.7. The highest BCUT2D eigenvalue weighted by atomic mass is 32.2. The molecule has 16 heavy (non-hydrogen) atoms. The fraction of sp³-hybridized carbons (Fsp3) is 0.750. The van der Waals surface area contributed by atoms with E-state index in [1.807, 2.05) is 18.0 Å². The van der Waals surface area contributed by atoms with Crippen molar-refractivity contribution in [3.05, 3.63) is 17.8 Å². The highest BCUT2D eigenvalue weighted by Crippen LogP contribution is 2.39. The van der Waals surface area contributed by atoms with Crippen molar-refractivity contribution in [2.45, 2.75) is 36.9 Å². The van der Waals surface area contributed by atoms with Crippen molar-refractivity contribution in [2.24, 2.45) is 0 Å². The minimum absolute atomic E-state index is 0.494. The summed E-state index contributed by atoms with van der Waals surface area (Å²) in [7, 11) is 0. The van der Waals surface area contributed by atoms with E-state index in [9.17, 15) is 0 Å². The summed E-state index contributed by atoms with van der Waals surface area (Å²) in [5, 5.41) is 4.00. The second-order valence-corrected chi connectivity index (χ2v) is 5.97. The zero-order chi connectivity index (χ0) is 10.8. The summed E-state index contributed by atoms with van der Waals surface area (Å²) >= 11 is 2.02. The Balaban J connectivity index is 1.71. The van der Waals surface area contributed by atoms with Crippen molar-refractivity contribution in [1.82, 2.24) is 10.3 Å². The molecule has 0 radical (unpaired) electrons. The van der Waals surface area contributed by atoms with Gasteiger partial charge in [0.05, 0.1) is 10.9 Å². The van der Waals surface area contributed by atoms with Gasteiger partial charge in [-0.25, -0.2) is 4.98 Å². The predicted octanol–water partition coefficient (Wildman–Crippen LogP) is 2.71. The van der Waals surface area contributed by atoms with Gasteiger partial charge in [0.15, 0.2) is 5.89 Å². The molecule has 2 aliphatic rings. The molecule has 1 N–H and O–H groups in total. The molecule has 1 aromatic heterocycles. The fourth-order valence-corrected chi connectivity index (χ4v) is 3.74. The molecule has 3 rings (SSSR count). The first-order chi connectivity index (χ1) is 7.93. The van der Waals surface area contributed by atoms with E-state index >= 15 is 0 Å². The van der Waals surface area contributed by atoms with Gasteiger partial charge >= 0.3 is 0 Å². The standard InChI is InChI=1S/C12H18N2OS/c1-3-9(7-13-5-1)12-14-10(8-15-12)11-4-2-6-16-11/h8-9,11,13H,1-7H2. The Morgan fingerprint density at radius 3 is 3.12 bits per heavy atom. The Morgan fingerprint density at radius 1 is 1.38 bits per heavy atom. The molecule has 1 aromatic rings. The Morgan fingerprint density at radius 2 is 2.38 bits per heavy atom. The number of hydrogen-bond donors (Lipinski definition) is 1. The molecular weight excluding hydrogens is 220 g/mol. The van der Waals surface area contributed by atoms with Gasteiger partial charge in [-0.05, 0) is 38.0 Å². The van der Waals surface area contributed by atoms with Crippen LogP contribution in [0.1, 0.15) is 48.4 Å². The van der Waals surface area contributed by atoms with Crippen LogP contribution in [0.15, 0.2) is 10.7 Å². The average Bonchev–Trinajstić information content (AvgIpc) is 3.01. The lowest BCUT2D eigenvalue weighted by molar-refractivity contribution is 0.376. The lowest BCUT2D eigenvalue weighted by atomic mass is 10.00. The summed E-state index contributed by atoms with van der Waals surface area (Å²) in [5.41, 5.74) is 1.17. The molecule has 0 spiro atoms. The molecule has 2 saturated heterocycles. The van der Waals surface area contributed by atoms with Crippen LogP contribution in [0.3, 0.4) is 0 Å². The van der Waals surface area contributed by atoms with Gasteiger partial charge in [0.2, 0.25) is 0 Å². The van der Waals surface area contributed by atoms with Gasteiger partial charge in [0.25, 0.3) is 0 Å². The number of nitrogens with zero attached hydrogens (tertiary/aromatic N) is 1. The van der Waals surface area contributed by atoms with Crippen LogP contribution in [-0.4, -0.2) is 23.8 Å². The maximum absolute atomic E-state index is 5.65. The Hall–Kier alpha value is -0.480. The zero-order valence-electron chi connectivity index (χ0n) is 9.45. The number of rotatable bonds is 2. The van der Waals surface area contributed by atoms with Crippen molar-refractivity contribution in [3.8, 4) is 0 Å². The largest absolute Gasteiger partial charge is 0.448 e. The minimum atomic E-state index is 0.494. The van der Waals surface area contributed by atoms with Crippen LogP contribution in [0.2, 0.25) is 0 Å². The van der Waals surface area contributed by atoms with E-state index in [-0.39, 0.29) is 0 Å². The maximum Gasteiger partial charge on any atom is 0.198 e. The van der Waals surface area contributed by atoms with Gasteiger partial charge < -0.3 is 9.73 Å². The lowest BCUT2D eigenvalue weighted by Crippen LogP contribution is -2.28. The maximum atomic E-state index is 5.65. The molecule has 0 aromatic carbocycles. The van der Waals surface area contributed by atoms with Crippen LogP contribution < -0.4 is 5.32 Å². The average molecular weight is 238 g/mol. The SMILES string of the molecule is c1oc(C2CCCNC2)nc1C1CCCS1. The predicted molar refractivity (Wildman–Crippen MR) is 65.8 cm³/mol. The minimum Gasteiger partial charge on any atom is -0.448 e.